The van der Waals surface area contributed by atoms with E-state index < -0.39 is 10.0 Å². The summed E-state index contributed by atoms with van der Waals surface area (Å²) in [6.07, 6.45) is 0. The van der Waals surface area contributed by atoms with Crippen LogP contribution in [0.4, 0.5) is 5.69 Å². The lowest BCUT2D eigenvalue weighted by Gasteiger charge is -2.20. The third-order valence-electron chi connectivity index (χ3n) is 4.84. The minimum Gasteiger partial charge on any atom is -0.457 e. The van der Waals surface area contributed by atoms with Crippen molar-refractivity contribution in [3.05, 3.63) is 84.4 Å². The second-order valence-corrected chi connectivity index (χ2v) is 9.56. The number of para-hydroxylation sites is 1. The lowest BCUT2D eigenvalue weighted by Crippen LogP contribution is -2.35. The monoisotopic (exact) mass is 453 g/mol. The number of nitrogens with zero attached hydrogens (tertiary/aromatic N) is 2. The molecule has 0 atom stereocenters. The van der Waals surface area contributed by atoms with Crippen LogP contribution >= 0.6 is 0 Å². The van der Waals surface area contributed by atoms with Gasteiger partial charge in [0.05, 0.1) is 11.4 Å². The topological polar surface area (TPSA) is 79.0 Å². The molecule has 0 radical (unpaired) electrons. The van der Waals surface area contributed by atoms with E-state index >= 15 is 0 Å². The van der Waals surface area contributed by atoms with E-state index in [0.717, 1.165) is 15.7 Å². The van der Waals surface area contributed by atoms with Crippen molar-refractivity contribution in [1.29, 1.82) is 0 Å². The molecule has 3 rings (SSSR count). The summed E-state index contributed by atoms with van der Waals surface area (Å²) in [7, 11) is 1.19. The molecular weight excluding hydrogens is 426 g/mol. The minimum absolute atomic E-state index is 0.125. The molecule has 3 aromatic rings. The lowest BCUT2D eigenvalue weighted by atomic mass is 10.2. The summed E-state index contributed by atoms with van der Waals surface area (Å²) in [5, 5.41) is 2.81. The molecule has 0 spiro atoms. The number of hydrogen-bond acceptors (Lipinski definition) is 5. The molecule has 3 aromatic carbocycles. The third kappa shape index (κ3) is 5.87. The van der Waals surface area contributed by atoms with Gasteiger partial charge in [-0.3, -0.25) is 4.79 Å². The van der Waals surface area contributed by atoms with E-state index in [1.165, 1.54) is 14.1 Å². The van der Waals surface area contributed by atoms with E-state index in [0.29, 0.717) is 11.3 Å². The number of carbonyl (C=O) groups excluding carboxylic acids is 1. The molecule has 0 saturated heterocycles. The van der Waals surface area contributed by atoms with E-state index in [2.05, 4.69) is 5.32 Å². The summed E-state index contributed by atoms with van der Waals surface area (Å²) >= 11 is 0. The van der Waals surface area contributed by atoms with Gasteiger partial charge in [0, 0.05) is 33.4 Å². The van der Waals surface area contributed by atoms with Gasteiger partial charge in [0.1, 0.15) is 11.5 Å². The van der Waals surface area contributed by atoms with Crippen LogP contribution in [0, 0.1) is 0 Å². The lowest BCUT2D eigenvalue weighted by molar-refractivity contribution is -0.119. The molecule has 8 heteroatoms. The molecule has 7 nitrogen and oxygen atoms in total. The van der Waals surface area contributed by atoms with Crippen molar-refractivity contribution in [3.63, 3.8) is 0 Å². The van der Waals surface area contributed by atoms with E-state index in [-0.39, 0.29) is 23.9 Å². The number of rotatable bonds is 9. The van der Waals surface area contributed by atoms with Crippen molar-refractivity contribution < 1.29 is 17.9 Å². The number of carbonyl (C=O) groups is 1. The zero-order chi connectivity index (χ0) is 23.1. The highest BCUT2D eigenvalue weighted by atomic mass is 32.2. The van der Waals surface area contributed by atoms with Crippen molar-refractivity contribution in [2.24, 2.45) is 0 Å². The van der Waals surface area contributed by atoms with Crippen LogP contribution in [-0.2, 0) is 21.4 Å². The number of benzene rings is 3. The Bertz CT molecular complexity index is 1150. The summed E-state index contributed by atoms with van der Waals surface area (Å²) in [4.78, 5) is 14.5. The van der Waals surface area contributed by atoms with Gasteiger partial charge in [-0.05, 0) is 48.0 Å². The summed E-state index contributed by atoms with van der Waals surface area (Å²) in [6, 6.07) is 23.6. The van der Waals surface area contributed by atoms with Crippen molar-refractivity contribution in [1.82, 2.24) is 9.62 Å². The van der Waals surface area contributed by atoms with Crippen LogP contribution in [0.15, 0.2) is 83.8 Å². The fourth-order valence-electron chi connectivity index (χ4n) is 3.05. The fourth-order valence-corrected chi connectivity index (χ4v) is 4.16. The number of hydrogen-bond donors (Lipinski definition) is 1. The number of amides is 1. The zero-order valence-electron chi connectivity index (χ0n) is 18.4. The van der Waals surface area contributed by atoms with Crippen LogP contribution in [0.5, 0.6) is 11.5 Å². The average molecular weight is 454 g/mol. The van der Waals surface area contributed by atoms with Crippen molar-refractivity contribution in [3.8, 4) is 11.5 Å². The summed E-state index contributed by atoms with van der Waals surface area (Å²) < 4.78 is 31.9. The van der Waals surface area contributed by atoms with E-state index in [1.807, 2.05) is 66.5 Å². The van der Waals surface area contributed by atoms with E-state index in [4.69, 9.17) is 4.74 Å². The van der Waals surface area contributed by atoms with E-state index in [1.54, 1.807) is 24.3 Å². The Labute approximate surface area is 189 Å². The molecule has 1 N–H and O–H groups in total. The molecule has 0 saturated carbocycles. The fraction of sp³-hybridized carbons (Fsp3) is 0.208. The summed E-state index contributed by atoms with van der Waals surface area (Å²) in [5.41, 5.74) is 1.40. The molecule has 0 aliphatic rings. The first-order valence-electron chi connectivity index (χ1n) is 10.1. The van der Waals surface area contributed by atoms with Gasteiger partial charge in [-0.1, -0.05) is 36.4 Å². The highest BCUT2D eigenvalue weighted by molar-refractivity contribution is 7.89. The molecule has 0 bridgehead atoms. The zero-order valence-corrected chi connectivity index (χ0v) is 19.2. The van der Waals surface area contributed by atoms with Crippen molar-refractivity contribution >= 4 is 21.6 Å². The van der Waals surface area contributed by atoms with Crippen LogP contribution in [0.3, 0.4) is 0 Å². The number of nitrogens with one attached hydrogen (secondary N) is 1. The average Bonchev–Trinajstić information content (AvgIpc) is 2.79. The number of ether oxygens (including phenoxy) is 1. The van der Waals surface area contributed by atoms with Crippen molar-refractivity contribution in [2.45, 2.75) is 11.4 Å². The highest BCUT2D eigenvalue weighted by Gasteiger charge is 2.21. The second-order valence-electron chi connectivity index (χ2n) is 7.44. The number of sulfonamides is 1. The maximum absolute atomic E-state index is 12.5. The molecular formula is C24H27N3O4S. The first kappa shape index (κ1) is 23.3. The van der Waals surface area contributed by atoms with Gasteiger partial charge in [-0.25, -0.2) is 12.7 Å². The second kappa shape index (κ2) is 10.3. The quantitative estimate of drug-likeness (QED) is 0.537. The van der Waals surface area contributed by atoms with Gasteiger partial charge in [0.2, 0.25) is 15.9 Å². The molecule has 0 unspecified atom stereocenters. The molecule has 32 heavy (non-hydrogen) atoms. The summed E-state index contributed by atoms with van der Waals surface area (Å²) in [6.45, 7) is 0.251. The Morgan fingerprint density at radius 3 is 2.09 bits per heavy atom. The first-order valence-corrected chi connectivity index (χ1v) is 11.5. The minimum atomic E-state index is -3.59. The van der Waals surface area contributed by atoms with Crippen LogP contribution in [0.2, 0.25) is 0 Å². The first-order chi connectivity index (χ1) is 15.3. The predicted octanol–water partition coefficient (Wildman–Crippen LogP) is 3.48. The molecule has 1 amide bonds. The highest BCUT2D eigenvalue weighted by Crippen LogP contribution is 2.24. The molecule has 0 aliphatic carbocycles. The van der Waals surface area contributed by atoms with Gasteiger partial charge in [0.25, 0.3) is 0 Å². The van der Waals surface area contributed by atoms with Crippen LogP contribution in [0.25, 0.3) is 0 Å². The van der Waals surface area contributed by atoms with Crippen molar-refractivity contribution in [2.75, 3.05) is 32.6 Å². The smallest absolute Gasteiger partial charge is 0.242 e. The van der Waals surface area contributed by atoms with Crippen LogP contribution < -0.4 is 15.0 Å². The Kier molecular flexibility index (Phi) is 7.50. The Morgan fingerprint density at radius 2 is 1.44 bits per heavy atom. The summed E-state index contributed by atoms with van der Waals surface area (Å²) in [5.74, 6) is 1.25. The molecule has 0 heterocycles. The largest absolute Gasteiger partial charge is 0.457 e. The normalized spacial score (nSPS) is 11.2. The molecule has 0 fully saturated rings. The van der Waals surface area contributed by atoms with Gasteiger partial charge >= 0.3 is 0 Å². The number of likely N-dealkylation sites (N-methyl/N-ethyl adjacent to an activating group) is 1. The Balaban J connectivity index is 1.58. The predicted molar refractivity (Wildman–Crippen MR) is 125 cm³/mol. The van der Waals surface area contributed by atoms with Gasteiger partial charge < -0.3 is 15.0 Å². The Hall–Kier alpha value is -3.36. The third-order valence-corrected chi connectivity index (χ3v) is 6.76. The van der Waals surface area contributed by atoms with Gasteiger partial charge in [-0.15, -0.1) is 0 Å². The number of anilines is 1. The van der Waals surface area contributed by atoms with Crippen LogP contribution in [0.1, 0.15) is 5.56 Å². The SMILES string of the molecule is CN(CC(=O)NCc1ccccc1S(=O)(=O)N(C)C)c1ccc(Oc2ccccc2)cc1. The Morgan fingerprint density at radius 1 is 0.844 bits per heavy atom. The molecule has 0 aromatic heterocycles. The van der Waals surface area contributed by atoms with E-state index in [9.17, 15) is 13.2 Å². The molecule has 0 aliphatic heterocycles. The van der Waals surface area contributed by atoms with Gasteiger partial charge in [-0.2, -0.15) is 0 Å². The maximum Gasteiger partial charge on any atom is 0.242 e. The standard InChI is InChI=1S/C24H27N3O4S/c1-26(2)32(29,30)23-12-8-7-9-19(23)17-25-24(28)18-27(3)20-13-15-22(16-14-20)31-21-10-5-4-6-11-21/h4-16H,17-18H2,1-3H3,(H,25,28). The maximum atomic E-state index is 12.5. The molecule has 168 valence electrons. The van der Waals surface area contributed by atoms with Gasteiger partial charge in [0.15, 0.2) is 0 Å². The van der Waals surface area contributed by atoms with Crippen LogP contribution in [-0.4, -0.2) is 46.3 Å².